The van der Waals surface area contributed by atoms with Gasteiger partial charge in [-0.2, -0.15) is 8.75 Å². The highest BCUT2D eigenvalue weighted by Crippen LogP contribution is 2.38. The zero-order valence-electron chi connectivity index (χ0n) is 10.3. The SMILES string of the molecule is CCNc1nsnc1-c1cccc2c1OCCC2. The molecule has 2 aromatic rings. The van der Waals surface area contributed by atoms with Crippen LogP contribution in [0.1, 0.15) is 18.9 Å². The fourth-order valence-corrected chi connectivity index (χ4v) is 2.76. The van der Waals surface area contributed by atoms with E-state index in [-0.39, 0.29) is 0 Å². The van der Waals surface area contributed by atoms with Gasteiger partial charge in [0, 0.05) is 12.1 Å². The monoisotopic (exact) mass is 261 g/mol. The lowest BCUT2D eigenvalue weighted by Gasteiger charge is -2.19. The highest BCUT2D eigenvalue weighted by atomic mass is 32.1. The Bertz CT molecular complexity index is 553. The van der Waals surface area contributed by atoms with Crippen LogP contribution in [-0.4, -0.2) is 21.9 Å². The Hall–Kier alpha value is -1.62. The molecular formula is C13H15N3OS. The van der Waals surface area contributed by atoms with Crippen LogP contribution in [0.3, 0.4) is 0 Å². The van der Waals surface area contributed by atoms with Crippen molar-refractivity contribution < 1.29 is 4.74 Å². The number of benzene rings is 1. The maximum Gasteiger partial charge on any atom is 0.168 e. The number of anilines is 1. The molecule has 0 fully saturated rings. The lowest BCUT2D eigenvalue weighted by Crippen LogP contribution is -2.09. The lowest BCUT2D eigenvalue weighted by molar-refractivity contribution is 0.289. The fourth-order valence-electron chi connectivity index (χ4n) is 2.22. The summed E-state index contributed by atoms with van der Waals surface area (Å²) in [6.45, 7) is 3.69. The number of fused-ring (bicyclic) bond motifs is 1. The molecule has 5 heteroatoms. The van der Waals surface area contributed by atoms with Crippen LogP contribution in [0, 0.1) is 0 Å². The molecule has 0 spiro atoms. The summed E-state index contributed by atoms with van der Waals surface area (Å²) >= 11 is 1.23. The summed E-state index contributed by atoms with van der Waals surface area (Å²) in [7, 11) is 0. The van der Waals surface area contributed by atoms with Gasteiger partial charge in [0.25, 0.3) is 0 Å². The van der Waals surface area contributed by atoms with Gasteiger partial charge >= 0.3 is 0 Å². The second-order valence-electron chi connectivity index (χ2n) is 4.24. The molecule has 0 aliphatic carbocycles. The zero-order chi connectivity index (χ0) is 12.4. The van der Waals surface area contributed by atoms with Gasteiger partial charge in [-0.15, -0.1) is 0 Å². The van der Waals surface area contributed by atoms with Gasteiger partial charge in [0.15, 0.2) is 5.82 Å². The Labute approximate surface area is 110 Å². The van der Waals surface area contributed by atoms with Crippen LogP contribution in [0.2, 0.25) is 0 Å². The molecule has 1 aromatic heterocycles. The first-order chi connectivity index (χ1) is 8.90. The van der Waals surface area contributed by atoms with Gasteiger partial charge in [-0.05, 0) is 31.4 Å². The van der Waals surface area contributed by atoms with Gasteiger partial charge in [0.2, 0.25) is 0 Å². The molecule has 0 unspecified atom stereocenters. The first-order valence-electron chi connectivity index (χ1n) is 6.21. The molecule has 1 aliphatic heterocycles. The number of ether oxygens (including phenoxy) is 1. The number of nitrogens with zero attached hydrogens (tertiary/aromatic N) is 2. The fraction of sp³-hybridized carbons (Fsp3) is 0.385. The number of aryl methyl sites for hydroxylation is 1. The maximum absolute atomic E-state index is 5.82. The van der Waals surface area contributed by atoms with Crippen molar-refractivity contribution in [2.75, 3.05) is 18.5 Å². The maximum atomic E-state index is 5.82. The molecule has 0 atom stereocenters. The minimum absolute atomic E-state index is 0.790. The number of rotatable bonds is 3. The molecule has 4 nitrogen and oxygen atoms in total. The molecule has 0 radical (unpaired) electrons. The first-order valence-corrected chi connectivity index (χ1v) is 6.94. The van der Waals surface area contributed by atoms with Crippen molar-refractivity contribution in [3.8, 4) is 17.0 Å². The number of hydrogen-bond acceptors (Lipinski definition) is 5. The Balaban J connectivity index is 2.08. The number of hydrogen-bond donors (Lipinski definition) is 1. The summed E-state index contributed by atoms with van der Waals surface area (Å²) in [6.07, 6.45) is 2.17. The van der Waals surface area contributed by atoms with E-state index < -0.39 is 0 Å². The molecule has 1 aliphatic rings. The Kier molecular flexibility index (Phi) is 3.15. The van der Waals surface area contributed by atoms with Gasteiger partial charge in [-0.1, -0.05) is 12.1 Å². The standard InChI is InChI=1S/C13H15N3OS/c1-2-14-13-11(15-18-16-13)10-7-3-5-9-6-4-8-17-12(9)10/h3,5,7H,2,4,6,8H2,1H3,(H,14,16). The van der Waals surface area contributed by atoms with Crippen molar-refractivity contribution >= 4 is 17.5 Å². The van der Waals surface area contributed by atoms with Crippen molar-refractivity contribution in [1.82, 2.24) is 8.75 Å². The number of aromatic nitrogens is 2. The Morgan fingerprint density at radius 1 is 1.39 bits per heavy atom. The van der Waals surface area contributed by atoms with Crippen LogP contribution in [0.5, 0.6) is 5.75 Å². The van der Waals surface area contributed by atoms with E-state index in [4.69, 9.17) is 4.74 Å². The molecule has 18 heavy (non-hydrogen) atoms. The summed E-state index contributed by atoms with van der Waals surface area (Å²) in [5, 5.41) is 3.24. The quantitative estimate of drug-likeness (QED) is 0.922. The van der Waals surface area contributed by atoms with E-state index in [9.17, 15) is 0 Å². The van der Waals surface area contributed by atoms with E-state index in [0.717, 1.165) is 48.8 Å². The average Bonchev–Trinajstić information content (AvgIpc) is 2.87. The van der Waals surface area contributed by atoms with Crippen molar-refractivity contribution in [2.45, 2.75) is 19.8 Å². The summed E-state index contributed by atoms with van der Waals surface area (Å²) in [4.78, 5) is 0. The summed E-state index contributed by atoms with van der Waals surface area (Å²) < 4.78 is 14.5. The highest BCUT2D eigenvalue weighted by molar-refractivity contribution is 6.99. The first kappa shape index (κ1) is 11.5. The third kappa shape index (κ3) is 1.95. The normalized spacial score (nSPS) is 13.8. The largest absolute Gasteiger partial charge is 0.493 e. The minimum atomic E-state index is 0.790. The molecule has 0 saturated heterocycles. The second-order valence-corrected chi connectivity index (χ2v) is 4.77. The topological polar surface area (TPSA) is 47.0 Å². The van der Waals surface area contributed by atoms with Gasteiger partial charge < -0.3 is 10.1 Å². The molecule has 0 amide bonds. The Morgan fingerprint density at radius 3 is 3.22 bits per heavy atom. The zero-order valence-corrected chi connectivity index (χ0v) is 11.1. The van der Waals surface area contributed by atoms with Crippen molar-refractivity contribution in [3.05, 3.63) is 23.8 Å². The second kappa shape index (κ2) is 4.94. The predicted octanol–water partition coefficient (Wildman–Crippen LogP) is 2.96. The summed E-state index contributed by atoms with van der Waals surface area (Å²) in [5.41, 5.74) is 3.23. The van der Waals surface area contributed by atoms with Crippen LogP contribution in [0.25, 0.3) is 11.3 Å². The smallest absolute Gasteiger partial charge is 0.168 e. The third-order valence-electron chi connectivity index (χ3n) is 3.02. The molecule has 1 N–H and O–H groups in total. The van der Waals surface area contributed by atoms with Gasteiger partial charge in [0.05, 0.1) is 18.3 Å². The summed E-state index contributed by atoms with van der Waals surface area (Å²) in [5.74, 6) is 1.83. The van der Waals surface area contributed by atoms with E-state index in [2.05, 4.69) is 39.2 Å². The van der Waals surface area contributed by atoms with Crippen LogP contribution >= 0.6 is 11.7 Å². The molecule has 94 valence electrons. The minimum Gasteiger partial charge on any atom is -0.493 e. The van der Waals surface area contributed by atoms with E-state index in [1.807, 2.05) is 0 Å². The van der Waals surface area contributed by atoms with Crippen molar-refractivity contribution in [2.24, 2.45) is 0 Å². The third-order valence-corrected chi connectivity index (χ3v) is 3.55. The molecule has 2 heterocycles. The lowest BCUT2D eigenvalue weighted by atomic mass is 10.0. The van der Waals surface area contributed by atoms with Crippen LogP contribution in [0.15, 0.2) is 18.2 Å². The number of nitrogens with one attached hydrogen (secondary N) is 1. The van der Waals surface area contributed by atoms with E-state index >= 15 is 0 Å². The average molecular weight is 261 g/mol. The van der Waals surface area contributed by atoms with E-state index in [1.54, 1.807) is 0 Å². The molecular weight excluding hydrogens is 246 g/mol. The Morgan fingerprint density at radius 2 is 2.33 bits per heavy atom. The number of para-hydroxylation sites is 1. The van der Waals surface area contributed by atoms with E-state index in [0.29, 0.717) is 0 Å². The van der Waals surface area contributed by atoms with Gasteiger partial charge in [0.1, 0.15) is 11.4 Å². The molecule has 0 bridgehead atoms. The highest BCUT2D eigenvalue weighted by Gasteiger charge is 2.19. The summed E-state index contributed by atoms with van der Waals surface area (Å²) in [6, 6.07) is 6.25. The van der Waals surface area contributed by atoms with Crippen molar-refractivity contribution in [1.29, 1.82) is 0 Å². The van der Waals surface area contributed by atoms with Gasteiger partial charge in [-0.3, -0.25) is 0 Å². The molecule has 1 aromatic carbocycles. The predicted molar refractivity (Wildman–Crippen MR) is 73.3 cm³/mol. The van der Waals surface area contributed by atoms with Crippen LogP contribution in [0.4, 0.5) is 5.82 Å². The van der Waals surface area contributed by atoms with Crippen LogP contribution < -0.4 is 10.1 Å². The molecule has 0 saturated carbocycles. The van der Waals surface area contributed by atoms with Crippen molar-refractivity contribution in [3.63, 3.8) is 0 Å². The van der Waals surface area contributed by atoms with Crippen LogP contribution in [-0.2, 0) is 6.42 Å². The van der Waals surface area contributed by atoms with E-state index in [1.165, 1.54) is 17.3 Å². The molecule has 3 rings (SSSR count). The van der Waals surface area contributed by atoms with Gasteiger partial charge in [-0.25, -0.2) is 0 Å².